The molecule has 1 heterocycles. The van der Waals surface area contributed by atoms with Crippen LogP contribution in [-0.2, 0) is 4.79 Å². The Morgan fingerprint density at radius 2 is 2.00 bits per heavy atom. The zero-order chi connectivity index (χ0) is 12.6. The number of anilines is 1. The van der Waals surface area contributed by atoms with Crippen molar-refractivity contribution >= 4 is 11.6 Å². The molecule has 17 heavy (non-hydrogen) atoms. The lowest BCUT2D eigenvalue weighted by atomic mass is 9.96. The molecule has 0 radical (unpaired) electrons. The number of carbonyl (C=O) groups is 1. The zero-order valence-electron chi connectivity index (χ0n) is 9.97. The van der Waals surface area contributed by atoms with Gasteiger partial charge in [-0.05, 0) is 38.1 Å². The predicted octanol–water partition coefficient (Wildman–Crippen LogP) is 1.40. The van der Waals surface area contributed by atoms with Crippen LogP contribution in [0.3, 0.4) is 0 Å². The van der Waals surface area contributed by atoms with Gasteiger partial charge in [-0.1, -0.05) is 0 Å². The number of nitrogens with zero attached hydrogens (tertiary/aromatic N) is 2. The van der Waals surface area contributed by atoms with E-state index >= 15 is 0 Å². The first-order valence-corrected chi connectivity index (χ1v) is 5.55. The fraction of sp³-hybridized carbons (Fsp3) is 0.385. The number of hydrogen-bond donors (Lipinski definition) is 1. The fourth-order valence-corrected chi connectivity index (χ4v) is 2.18. The van der Waals surface area contributed by atoms with E-state index in [0.717, 1.165) is 5.69 Å². The van der Waals surface area contributed by atoms with Gasteiger partial charge in [-0.25, -0.2) is 0 Å². The lowest BCUT2D eigenvalue weighted by Crippen LogP contribution is -2.49. The van der Waals surface area contributed by atoms with E-state index in [9.17, 15) is 4.79 Å². The average molecular weight is 229 g/mol. The molecule has 1 atom stereocenters. The number of nitriles is 1. The molecule has 0 spiro atoms. The molecule has 1 aromatic rings. The van der Waals surface area contributed by atoms with E-state index in [0.29, 0.717) is 12.0 Å². The Bertz CT molecular complexity index is 484. The summed E-state index contributed by atoms with van der Waals surface area (Å²) in [6.45, 7) is 3.92. The van der Waals surface area contributed by atoms with E-state index in [-0.39, 0.29) is 17.5 Å². The number of rotatable bonds is 1. The smallest absolute Gasteiger partial charge is 0.229 e. The molecule has 1 aliphatic heterocycles. The van der Waals surface area contributed by atoms with Crippen LogP contribution in [0.5, 0.6) is 0 Å². The van der Waals surface area contributed by atoms with Crippen molar-refractivity contribution in [3.63, 3.8) is 0 Å². The molecule has 1 unspecified atom stereocenters. The van der Waals surface area contributed by atoms with E-state index in [1.165, 1.54) is 0 Å². The van der Waals surface area contributed by atoms with Gasteiger partial charge in [0.1, 0.15) is 0 Å². The summed E-state index contributed by atoms with van der Waals surface area (Å²) < 4.78 is 0. The van der Waals surface area contributed by atoms with Crippen molar-refractivity contribution in [3.8, 4) is 6.07 Å². The standard InChI is InChI=1S/C13H15N3O/c1-13(2)11(15)7-12(17)16(13)10-5-3-9(8-14)4-6-10/h3-6,11H,7,15H2,1-2H3. The van der Waals surface area contributed by atoms with Gasteiger partial charge >= 0.3 is 0 Å². The SMILES string of the molecule is CC1(C)C(N)CC(=O)N1c1ccc(C#N)cc1. The van der Waals surface area contributed by atoms with Gasteiger partial charge in [-0.2, -0.15) is 5.26 Å². The maximum Gasteiger partial charge on any atom is 0.229 e. The van der Waals surface area contributed by atoms with Gasteiger partial charge in [-0.15, -0.1) is 0 Å². The predicted molar refractivity (Wildman–Crippen MR) is 65.3 cm³/mol. The summed E-state index contributed by atoms with van der Waals surface area (Å²) in [6, 6.07) is 8.89. The first-order valence-electron chi connectivity index (χ1n) is 5.55. The highest BCUT2D eigenvalue weighted by molar-refractivity contribution is 5.98. The van der Waals surface area contributed by atoms with Crippen LogP contribution >= 0.6 is 0 Å². The van der Waals surface area contributed by atoms with Crippen LogP contribution < -0.4 is 10.6 Å². The highest BCUT2D eigenvalue weighted by Crippen LogP contribution is 2.33. The molecule has 0 saturated carbocycles. The van der Waals surface area contributed by atoms with Crippen molar-refractivity contribution in [2.24, 2.45) is 5.73 Å². The van der Waals surface area contributed by atoms with Crippen molar-refractivity contribution < 1.29 is 4.79 Å². The van der Waals surface area contributed by atoms with Crippen LogP contribution in [0.4, 0.5) is 5.69 Å². The molecule has 4 nitrogen and oxygen atoms in total. The summed E-state index contributed by atoms with van der Waals surface area (Å²) in [7, 11) is 0. The molecule has 0 bridgehead atoms. The number of carbonyl (C=O) groups excluding carboxylic acids is 1. The van der Waals surface area contributed by atoms with Crippen LogP contribution in [0.25, 0.3) is 0 Å². The topological polar surface area (TPSA) is 70.1 Å². The Balaban J connectivity index is 2.39. The normalized spacial score (nSPS) is 22.6. The van der Waals surface area contributed by atoms with E-state index in [2.05, 4.69) is 6.07 Å². The molecule has 0 aromatic heterocycles. The van der Waals surface area contributed by atoms with Gasteiger partial charge in [0.25, 0.3) is 0 Å². The minimum absolute atomic E-state index is 0.0345. The monoisotopic (exact) mass is 229 g/mol. The average Bonchev–Trinajstić information content (AvgIpc) is 2.49. The fourth-order valence-electron chi connectivity index (χ4n) is 2.18. The molecular weight excluding hydrogens is 214 g/mol. The summed E-state index contributed by atoms with van der Waals surface area (Å²) in [4.78, 5) is 13.7. The second-order valence-corrected chi connectivity index (χ2v) is 4.85. The van der Waals surface area contributed by atoms with E-state index in [1.807, 2.05) is 13.8 Å². The third-order valence-electron chi connectivity index (χ3n) is 3.38. The Hall–Kier alpha value is -1.86. The maximum absolute atomic E-state index is 11.9. The quantitative estimate of drug-likeness (QED) is 0.791. The summed E-state index contributed by atoms with van der Waals surface area (Å²) in [5.74, 6) is 0.0345. The molecule has 1 aromatic carbocycles. The Morgan fingerprint density at radius 3 is 2.41 bits per heavy atom. The Kier molecular flexibility index (Phi) is 2.64. The summed E-state index contributed by atoms with van der Waals surface area (Å²) in [5, 5.41) is 8.74. The van der Waals surface area contributed by atoms with Crippen LogP contribution in [-0.4, -0.2) is 17.5 Å². The van der Waals surface area contributed by atoms with Crippen molar-refractivity contribution in [1.29, 1.82) is 5.26 Å². The van der Waals surface area contributed by atoms with Crippen molar-refractivity contribution in [1.82, 2.24) is 0 Å². The lowest BCUT2D eigenvalue weighted by Gasteiger charge is -2.34. The van der Waals surface area contributed by atoms with E-state index in [1.54, 1.807) is 29.2 Å². The molecule has 0 aliphatic carbocycles. The number of nitrogens with two attached hydrogens (primary N) is 1. The zero-order valence-corrected chi connectivity index (χ0v) is 9.97. The summed E-state index contributed by atoms with van der Waals surface area (Å²) >= 11 is 0. The van der Waals surface area contributed by atoms with Gasteiger partial charge < -0.3 is 10.6 Å². The van der Waals surface area contributed by atoms with Crippen molar-refractivity contribution in [2.75, 3.05) is 4.90 Å². The first kappa shape index (κ1) is 11.6. The number of benzene rings is 1. The molecule has 4 heteroatoms. The second-order valence-electron chi connectivity index (χ2n) is 4.85. The molecule has 1 aliphatic rings. The van der Waals surface area contributed by atoms with Gasteiger partial charge in [0.15, 0.2) is 0 Å². The molecular formula is C13H15N3O. The van der Waals surface area contributed by atoms with Gasteiger partial charge in [0, 0.05) is 18.2 Å². The van der Waals surface area contributed by atoms with Crippen LogP contribution in [0.15, 0.2) is 24.3 Å². The minimum atomic E-state index is -0.384. The van der Waals surface area contributed by atoms with Crippen molar-refractivity contribution in [3.05, 3.63) is 29.8 Å². The van der Waals surface area contributed by atoms with Gasteiger partial charge in [0.05, 0.1) is 17.2 Å². The van der Waals surface area contributed by atoms with Crippen LogP contribution in [0.2, 0.25) is 0 Å². The molecule has 1 amide bonds. The van der Waals surface area contributed by atoms with Crippen LogP contribution in [0, 0.1) is 11.3 Å². The molecule has 1 saturated heterocycles. The summed E-state index contributed by atoms with van der Waals surface area (Å²) in [6.07, 6.45) is 0.368. The van der Waals surface area contributed by atoms with Crippen LogP contribution in [0.1, 0.15) is 25.8 Å². The third kappa shape index (κ3) is 1.79. The van der Waals surface area contributed by atoms with E-state index < -0.39 is 0 Å². The maximum atomic E-state index is 11.9. The second kappa shape index (κ2) is 3.86. The molecule has 1 fully saturated rings. The Morgan fingerprint density at radius 1 is 1.41 bits per heavy atom. The molecule has 2 rings (SSSR count). The Labute approximate surface area is 101 Å². The van der Waals surface area contributed by atoms with E-state index in [4.69, 9.17) is 11.0 Å². The summed E-state index contributed by atoms with van der Waals surface area (Å²) in [5.41, 5.74) is 6.97. The highest BCUT2D eigenvalue weighted by Gasteiger charge is 2.44. The third-order valence-corrected chi connectivity index (χ3v) is 3.38. The lowest BCUT2D eigenvalue weighted by molar-refractivity contribution is -0.117. The van der Waals surface area contributed by atoms with Gasteiger partial charge in [0.2, 0.25) is 5.91 Å². The first-order chi connectivity index (χ1) is 7.96. The van der Waals surface area contributed by atoms with Crippen molar-refractivity contribution in [2.45, 2.75) is 31.8 Å². The van der Waals surface area contributed by atoms with Gasteiger partial charge in [-0.3, -0.25) is 4.79 Å². The molecule has 2 N–H and O–H groups in total. The largest absolute Gasteiger partial charge is 0.325 e. The highest BCUT2D eigenvalue weighted by atomic mass is 16.2. The number of amides is 1. The molecule has 88 valence electrons. The minimum Gasteiger partial charge on any atom is -0.325 e. The number of hydrogen-bond acceptors (Lipinski definition) is 3.